The molecule has 0 amide bonds. The van der Waals surface area contributed by atoms with Crippen LogP contribution in [0, 0.1) is 6.85 Å². The molecule has 1 spiro atoms. The van der Waals surface area contributed by atoms with Crippen LogP contribution < -0.4 is 13.9 Å². The number of aromatic nitrogens is 3. The van der Waals surface area contributed by atoms with Crippen LogP contribution in [0.3, 0.4) is 0 Å². The molecule has 56 heavy (non-hydrogen) atoms. The molecule has 1 atom stereocenters. The molecule has 8 aromatic rings. The van der Waals surface area contributed by atoms with E-state index in [2.05, 4.69) is 99.2 Å². The van der Waals surface area contributed by atoms with Gasteiger partial charge in [0.25, 0.3) is 0 Å². The van der Waals surface area contributed by atoms with E-state index in [1.807, 2.05) is 54.6 Å². The number of benzene rings is 6. The van der Waals surface area contributed by atoms with E-state index in [0.29, 0.717) is 16.9 Å². The van der Waals surface area contributed by atoms with Gasteiger partial charge in [0.15, 0.2) is 17.2 Å². The van der Waals surface area contributed by atoms with Crippen LogP contribution in [0.5, 0.6) is 5.75 Å². The van der Waals surface area contributed by atoms with Gasteiger partial charge in [-0.15, -0.1) is 9.13 Å². The third kappa shape index (κ3) is 4.47. The highest BCUT2D eigenvalue weighted by atomic mass is 16.5. The van der Waals surface area contributed by atoms with Crippen molar-refractivity contribution in [1.82, 2.24) is 4.57 Å². The Morgan fingerprint density at radius 1 is 0.643 bits per heavy atom. The number of imidazole rings is 1. The summed E-state index contributed by atoms with van der Waals surface area (Å²) in [5, 5.41) is 0. The Labute approximate surface area is 343 Å². The maximum atomic E-state index is 10.1. The van der Waals surface area contributed by atoms with Gasteiger partial charge in [0.05, 0.1) is 13.8 Å². The van der Waals surface area contributed by atoms with Crippen molar-refractivity contribution >= 4 is 11.0 Å². The lowest BCUT2D eigenvalue weighted by atomic mass is 9.80. The molecule has 3 aliphatic rings. The van der Waals surface area contributed by atoms with Crippen LogP contribution >= 0.6 is 0 Å². The lowest BCUT2D eigenvalue weighted by Gasteiger charge is -2.32. The van der Waals surface area contributed by atoms with E-state index in [0.717, 1.165) is 61.5 Å². The molecule has 1 unspecified atom stereocenters. The Kier molecular flexibility index (Phi) is 4.84. The van der Waals surface area contributed by atoms with Crippen LogP contribution in [-0.4, -0.2) is 4.57 Å². The Hall–Kier alpha value is -6.26. The van der Waals surface area contributed by atoms with Crippen LogP contribution in [0.15, 0.2) is 146 Å². The quantitative estimate of drug-likeness (QED) is 0.166. The van der Waals surface area contributed by atoms with Crippen molar-refractivity contribution in [1.29, 1.82) is 0 Å². The Bertz CT molecular complexity index is 3460. The summed E-state index contributed by atoms with van der Waals surface area (Å²) < 4.78 is 103. The van der Waals surface area contributed by atoms with Crippen molar-refractivity contribution in [2.75, 3.05) is 0 Å². The summed E-state index contributed by atoms with van der Waals surface area (Å²) in [6.07, 6.45) is -0.397. The largest absolute Gasteiger partial charge is 0.499 e. The van der Waals surface area contributed by atoms with Gasteiger partial charge in [-0.3, -0.25) is 0 Å². The second-order valence-corrected chi connectivity index (χ2v) is 17.1. The highest BCUT2D eigenvalue weighted by Crippen LogP contribution is 2.54. The van der Waals surface area contributed by atoms with Crippen LogP contribution in [0.25, 0.3) is 72.7 Å². The number of fused-ring (bicyclic) bond motifs is 5. The molecule has 2 aromatic heterocycles. The molecular formula is C52H45N3O+2. The smallest absolute Gasteiger partial charge is 0.392 e. The van der Waals surface area contributed by atoms with Gasteiger partial charge in [-0.1, -0.05) is 126 Å². The van der Waals surface area contributed by atoms with Crippen LogP contribution in [0.2, 0.25) is 0 Å². The summed E-state index contributed by atoms with van der Waals surface area (Å²) in [7, 11) is 0. The maximum Gasteiger partial charge on any atom is 0.499 e. The SMILES string of the molecule is [2H]c1c([2H])c(C([2H])([2H])[2H])c([2H])c([2H])c1-c1c([2H])c([2H])[n+]2c(c1[2H])-c1cc(C(C)(C)C)cc3c1C21Oc2ccccc2-c2n(-c4cc(-c5ccccc5)cc(C(C)(C)C)c4)c4cccc-3c4[n+]21. The minimum absolute atomic E-state index is 0.192. The van der Waals surface area contributed by atoms with Gasteiger partial charge in [0, 0.05) is 27.3 Å². The topological polar surface area (TPSA) is 21.9 Å². The molecule has 0 saturated carbocycles. The summed E-state index contributed by atoms with van der Waals surface area (Å²) in [4.78, 5) is 0. The molecule has 0 radical (unpaired) electrons. The summed E-state index contributed by atoms with van der Waals surface area (Å²) in [6, 6.07) is 31.3. The second-order valence-electron chi connectivity index (χ2n) is 17.1. The minimum atomic E-state index is -2.96. The van der Waals surface area contributed by atoms with Gasteiger partial charge in [0.1, 0.15) is 23.9 Å². The third-order valence-corrected chi connectivity index (χ3v) is 11.5. The number of hydrogen-bond acceptors (Lipinski definition) is 1. The van der Waals surface area contributed by atoms with Crippen molar-refractivity contribution < 1.29 is 27.6 Å². The van der Waals surface area contributed by atoms with Crippen molar-refractivity contribution in [2.45, 2.75) is 65.1 Å². The number of rotatable bonds is 3. The van der Waals surface area contributed by atoms with Crippen LogP contribution in [0.1, 0.15) is 77.5 Å². The number of para-hydroxylation sites is 2. The van der Waals surface area contributed by atoms with E-state index in [-0.39, 0.29) is 22.7 Å². The first-order valence-corrected chi connectivity index (χ1v) is 19.0. The Morgan fingerprint density at radius 2 is 1.36 bits per heavy atom. The number of hydrogen-bond donors (Lipinski definition) is 0. The molecule has 0 fully saturated rings. The number of ether oxygens (including phenoxy) is 1. The number of pyridine rings is 1. The van der Waals surface area contributed by atoms with Crippen LogP contribution in [0.4, 0.5) is 0 Å². The summed E-state index contributed by atoms with van der Waals surface area (Å²) in [6.45, 7) is 9.95. The fourth-order valence-electron chi connectivity index (χ4n) is 8.79. The highest BCUT2D eigenvalue weighted by Gasteiger charge is 2.68. The molecule has 0 saturated heterocycles. The predicted molar refractivity (Wildman–Crippen MR) is 226 cm³/mol. The molecule has 0 bridgehead atoms. The van der Waals surface area contributed by atoms with Crippen molar-refractivity contribution in [2.24, 2.45) is 0 Å². The normalized spacial score (nSPS) is 18.8. The molecule has 0 N–H and O–H groups in total. The zero-order valence-corrected chi connectivity index (χ0v) is 32.1. The number of nitrogens with zero attached hydrogens (tertiary/aromatic N) is 3. The predicted octanol–water partition coefficient (Wildman–Crippen LogP) is 11.7. The zero-order chi connectivity index (χ0) is 46.9. The van der Waals surface area contributed by atoms with Crippen molar-refractivity contribution in [3.8, 4) is 67.5 Å². The summed E-state index contributed by atoms with van der Waals surface area (Å²) in [5.74, 6) is -0.454. The maximum absolute atomic E-state index is 10.1. The molecule has 4 nitrogen and oxygen atoms in total. The van der Waals surface area contributed by atoms with E-state index in [4.69, 9.17) is 14.3 Å². The molecular weight excluding hydrogens is 683 g/mol. The fourth-order valence-corrected chi connectivity index (χ4v) is 8.79. The lowest BCUT2D eigenvalue weighted by Crippen LogP contribution is -2.78. The molecule has 272 valence electrons. The molecule has 3 aliphatic heterocycles. The van der Waals surface area contributed by atoms with E-state index in [9.17, 15) is 4.11 Å². The van der Waals surface area contributed by atoms with E-state index < -0.39 is 65.6 Å². The van der Waals surface area contributed by atoms with Gasteiger partial charge in [-0.2, -0.15) is 4.57 Å². The zero-order valence-electron chi connectivity index (χ0n) is 42.1. The van der Waals surface area contributed by atoms with Gasteiger partial charge >= 0.3 is 11.7 Å². The van der Waals surface area contributed by atoms with Gasteiger partial charge < -0.3 is 4.74 Å². The Balaban J connectivity index is 1.33. The first kappa shape index (κ1) is 24.3. The minimum Gasteiger partial charge on any atom is -0.392 e. The highest BCUT2D eigenvalue weighted by molar-refractivity contribution is 5.98. The van der Waals surface area contributed by atoms with Gasteiger partial charge in [-0.25, -0.2) is 0 Å². The van der Waals surface area contributed by atoms with Gasteiger partial charge in [0.2, 0.25) is 5.69 Å². The molecule has 11 rings (SSSR count). The molecule has 0 aliphatic carbocycles. The third-order valence-electron chi connectivity index (χ3n) is 11.5. The molecule has 6 aromatic carbocycles. The van der Waals surface area contributed by atoms with E-state index in [1.54, 1.807) is 4.57 Å². The lowest BCUT2D eigenvalue weighted by molar-refractivity contribution is -0.997. The van der Waals surface area contributed by atoms with Crippen LogP contribution in [-0.2, 0) is 16.7 Å². The van der Waals surface area contributed by atoms with E-state index >= 15 is 0 Å². The fraction of sp³-hybridized carbons (Fsp3) is 0.192. The van der Waals surface area contributed by atoms with Crippen molar-refractivity contribution in [3.63, 3.8) is 0 Å². The standard InChI is InChI=1S/C52H45N3O/c1-32-20-22-34(23-21-32)35-24-25-53-45(28-35)43-31-38(51(5,6)7)30-42-40-17-13-18-44-48(40)55-49(41-16-11-12-19-46(41)56-52(53,55)47(42)43)54(44)39-27-36(33-14-9-8-10-15-33)26-37(29-39)50(2,3)4/h8-31H,1-7H3/q+2/i1D3,20D,21D,22D,23D,24D,25D,28D. The Morgan fingerprint density at radius 3 is 2.12 bits per heavy atom. The first-order valence-electron chi connectivity index (χ1n) is 24.0. The molecule has 4 heteroatoms. The summed E-state index contributed by atoms with van der Waals surface area (Å²) in [5.41, 5.74) is 8.55. The monoisotopic (exact) mass is 737 g/mol. The average molecular weight is 738 g/mol. The van der Waals surface area contributed by atoms with Gasteiger partial charge in [-0.05, 0) is 99.6 Å². The van der Waals surface area contributed by atoms with Crippen molar-refractivity contribution in [3.05, 3.63) is 168 Å². The second kappa shape index (κ2) is 11.2. The average Bonchev–Trinajstić information content (AvgIpc) is 3.77. The molecule has 5 heterocycles. The summed E-state index contributed by atoms with van der Waals surface area (Å²) >= 11 is 0. The van der Waals surface area contributed by atoms with E-state index in [1.165, 1.54) is 0 Å². The first-order chi connectivity index (χ1) is 31.1.